The molecule has 0 saturated heterocycles. The molecule has 0 radical (unpaired) electrons. The Morgan fingerprint density at radius 2 is 0.833 bits per heavy atom. The second-order valence-electron chi connectivity index (χ2n) is 12.1. The van der Waals surface area contributed by atoms with Crippen LogP contribution in [0.5, 0.6) is 34.5 Å². The van der Waals surface area contributed by atoms with E-state index in [1.807, 2.05) is 0 Å². The lowest BCUT2D eigenvalue weighted by Crippen LogP contribution is -2.14. The van der Waals surface area contributed by atoms with Crippen molar-refractivity contribution >= 4 is 69.2 Å². The van der Waals surface area contributed by atoms with Crippen LogP contribution in [0.2, 0.25) is 0 Å². The van der Waals surface area contributed by atoms with Crippen molar-refractivity contribution in [2.24, 2.45) is 0 Å². The zero-order valence-corrected chi connectivity index (χ0v) is 30.2. The maximum Gasteiger partial charge on any atom is 0.308 e. The number of hydrogen-bond donors (Lipinski definition) is 3. The number of benzene rings is 3. The lowest BCUT2D eigenvalue weighted by molar-refractivity contribution is -0.134. The third kappa shape index (κ3) is 8.90. The van der Waals surface area contributed by atoms with Gasteiger partial charge in [-0.3, -0.25) is 33.6 Å². The number of fused-ring (bicyclic) bond motifs is 2. The van der Waals surface area contributed by atoms with Gasteiger partial charge in [0.25, 0.3) is 0 Å². The molecule has 3 N–H and O–H groups in total. The quantitative estimate of drug-likeness (QED) is 0.112. The number of carbonyl (C=O) groups is 7. The molecular formula is C38H35N3O13. The largest absolute Gasteiger partial charge is 0.423 e. The first-order valence-corrected chi connectivity index (χ1v) is 16.3. The number of esters is 6. The Balaban J connectivity index is 1.81. The molecule has 0 saturated carbocycles. The van der Waals surface area contributed by atoms with Crippen LogP contribution in [0.15, 0.2) is 48.8 Å². The lowest BCUT2D eigenvalue weighted by Gasteiger charge is -2.21. The standard InChI is InChI=1S/C38H35N3O13/c1-17(42)41-30-12-36(52-21(5)46)33(49-18(2)43)9-24(30)8-25(28-15-39-31-13-37(53-22(6)47)34(10-26(28)31)50-19(3)44)29-16-40-32-14-38(54-23(7)48)35(11-27(29)32)51-20(4)45/h9-16,25,39-40H,8H2,1-7H3,(H,41,42). The smallest absolute Gasteiger partial charge is 0.308 e. The van der Waals surface area contributed by atoms with Crippen molar-refractivity contribution in [3.63, 3.8) is 0 Å². The molecule has 280 valence electrons. The van der Waals surface area contributed by atoms with Gasteiger partial charge in [-0.25, -0.2) is 0 Å². The van der Waals surface area contributed by atoms with Gasteiger partial charge < -0.3 is 43.7 Å². The van der Waals surface area contributed by atoms with Crippen molar-refractivity contribution in [1.82, 2.24) is 9.97 Å². The van der Waals surface area contributed by atoms with Crippen LogP contribution in [0, 0.1) is 0 Å². The number of anilines is 1. The molecule has 1 amide bonds. The summed E-state index contributed by atoms with van der Waals surface area (Å²) in [6, 6.07) is 8.91. The van der Waals surface area contributed by atoms with Gasteiger partial charge in [-0.15, -0.1) is 0 Å². The fraction of sp³-hybridized carbons (Fsp3) is 0.237. The van der Waals surface area contributed by atoms with Crippen molar-refractivity contribution < 1.29 is 62.0 Å². The highest BCUT2D eigenvalue weighted by Crippen LogP contribution is 2.45. The topological polar surface area (TPSA) is 218 Å². The van der Waals surface area contributed by atoms with E-state index in [0.29, 0.717) is 38.5 Å². The normalized spacial score (nSPS) is 10.9. The van der Waals surface area contributed by atoms with Crippen LogP contribution >= 0.6 is 0 Å². The molecule has 5 rings (SSSR count). The number of amides is 1. The number of rotatable bonds is 11. The molecule has 0 aliphatic heterocycles. The average molecular weight is 742 g/mol. The van der Waals surface area contributed by atoms with E-state index >= 15 is 0 Å². The number of aromatic nitrogens is 2. The molecule has 0 bridgehead atoms. The van der Waals surface area contributed by atoms with Gasteiger partial charge in [0.2, 0.25) is 5.91 Å². The van der Waals surface area contributed by atoms with Crippen molar-refractivity contribution in [3.8, 4) is 34.5 Å². The summed E-state index contributed by atoms with van der Waals surface area (Å²) in [4.78, 5) is 91.0. The summed E-state index contributed by atoms with van der Waals surface area (Å²) in [6.45, 7) is 8.44. The van der Waals surface area contributed by atoms with Crippen molar-refractivity contribution in [2.45, 2.75) is 60.8 Å². The third-order valence-electron chi connectivity index (χ3n) is 7.73. The van der Waals surface area contributed by atoms with Crippen LogP contribution < -0.4 is 33.7 Å². The molecule has 5 aromatic rings. The van der Waals surface area contributed by atoms with E-state index in [0.717, 1.165) is 0 Å². The molecule has 16 nitrogen and oxygen atoms in total. The number of hydrogen-bond acceptors (Lipinski definition) is 13. The summed E-state index contributed by atoms with van der Waals surface area (Å²) in [5.74, 6) is -5.44. The molecule has 2 aromatic heterocycles. The Morgan fingerprint density at radius 3 is 1.19 bits per heavy atom. The van der Waals surface area contributed by atoms with Crippen LogP contribution in [0.4, 0.5) is 5.69 Å². The Kier molecular flexibility index (Phi) is 11.1. The van der Waals surface area contributed by atoms with Crippen LogP contribution in [-0.2, 0) is 40.0 Å². The van der Waals surface area contributed by atoms with Gasteiger partial charge in [-0.1, -0.05) is 0 Å². The van der Waals surface area contributed by atoms with E-state index in [1.165, 1.54) is 84.9 Å². The van der Waals surface area contributed by atoms with Gasteiger partial charge in [-0.05, 0) is 41.3 Å². The Hall–Kier alpha value is -6.97. The summed E-state index contributed by atoms with van der Waals surface area (Å²) in [7, 11) is 0. The Morgan fingerprint density at radius 1 is 0.500 bits per heavy atom. The summed E-state index contributed by atoms with van der Waals surface area (Å²) in [5.41, 5.74) is 2.87. The molecule has 0 spiro atoms. The Labute approximate surface area is 307 Å². The number of aromatic amines is 2. The highest BCUT2D eigenvalue weighted by Gasteiger charge is 2.28. The van der Waals surface area contributed by atoms with E-state index in [4.69, 9.17) is 28.4 Å². The van der Waals surface area contributed by atoms with E-state index in [-0.39, 0.29) is 46.6 Å². The zero-order chi connectivity index (χ0) is 39.4. The van der Waals surface area contributed by atoms with Gasteiger partial charge in [0.1, 0.15) is 0 Å². The highest BCUT2D eigenvalue weighted by molar-refractivity contribution is 5.94. The summed E-state index contributed by atoms with van der Waals surface area (Å²) in [6.07, 6.45) is 3.46. The number of nitrogens with one attached hydrogen (secondary N) is 3. The van der Waals surface area contributed by atoms with Crippen molar-refractivity contribution in [1.29, 1.82) is 0 Å². The molecular weight excluding hydrogens is 706 g/mol. The van der Waals surface area contributed by atoms with Crippen LogP contribution in [-0.4, -0.2) is 51.7 Å². The average Bonchev–Trinajstić information content (AvgIpc) is 3.63. The molecule has 0 aliphatic carbocycles. The molecule has 0 aliphatic rings. The molecule has 3 aromatic carbocycles. The molecule has 2 heterocycles. The van der Waals surface area contributed by atoms with Gasteiger partial charge in [-0.2, -0.15) is 0 Å². The van der Waals surface area contributed by atoms with Crippen LogP contribution in [0.1, 0.15) is 71.1 Å². The number of H-pyrrole nitrogens is 2. The van der Waals surface area contributed by atoms with Crippen molar-refractivity contribution in [3.05, 3.63) is 65.5 Å². The maximum atomic E-state index is 12.5. The predicted octanol–water partition coefficient (Wildman–Crippen LogP) is 5.53. The van der Waals surface area contributed by atoms with Gasteiger partial charge in [0, 0.05) is 112 Å². The molecule has 0 atom stereocenters. The summed E-state index contributed by atoms with van der Waals surface area (Å²) >= 11 is 0. The zero-order valence-electron chi connectivity index (χ0n) is 30.2. The summed E-state index contributed by atoms with van der Waals surface area (Å²) < 4.78 is 32.3. The van der Waals surface area contributed by atoms with Gasteiger partial charge in [0.15, 0.2) is 34.5 Å². The minimum absolute atomic E-state index is 0.00806. The molecule has 54 heavy (non-hydrogen) atoms. The molecule has 0 unspecified atom stereocenters. The van der Waals surface area contributed by atoms with Crippen LogP contribution in [0.25, 0.3) is 21.8 Å². The number of carbonyl (C=O) groups excluding carboxylic acids is 7. The van der Waals surface area contributed by atoms with Gasteiger partial charge >= 0.3 is 35.8 Å². The Bertz CT molecular complexity index is 2250. The van der Waals surface area contributed by atoms with Crippen molar-refractivity contribution in [2.75, 3.05) is 5.32 Å². The fourth-order valence-corrected chi connectivity index (χ4v) is 5.97. The minimum Gasteiger partial charge on any atom is -0.423 e. The van der Waals surface area contributed by atoms with E-state index < -0.39 is 47.6 Å². The second-order valence-corrected chi connectivity index (χ2v) is 12.1. The first kappa shape index (κ1) is 38.3. The predicted molar refractivity (Wildman–Crippen MR) is 191 cm³/mol. The van der Waals surface area contributed by atoms with E-state index in [1.54, 1.807) is 12.4 Å². The van der Waals surface area contributed by atoms with Crippen LogP contribution in [0.3, 0.4) is 0 Å². The number of ether oxygens (including phenoxy) is 6. The fourth-order valence-electron chi connectivity index (χ4n) is 5.97. The third-order valence-corrected chi connectivity index (χ3v) is 7.73. The lowest BCUT2D eigenvalue weighted by atomic mass is 9.84. The highest BCUT2D eigenvalue weighted by atomic mass is 16.6. The van der Waals surface area contributed by atoms with Gasteiger partial charge in [0.05, 0.1) is 0 Å². The first-order valence-electron chi connectivity index (χ1n) is 16.3. The molecule has 0 fully saturated rings. The first-order chi connectivity index (χ1) is 25.5. The second kappa shape index (κ2) is 15.7. The molecule has 16 heteroatoms. The minimum atomic E-state index is -0.700. The SMILES string of the molecule is CC(=O)Nc1cc(OC(C)=O)c(OC(C)=O)cc1CC(c1c[nH]c2cc(OC(C)=O)c(OC(C)=O)cc12)c1c[nH]c2cc(OC(C)=O)c(OC(C)=O)cc12. The van der Waals surface area contributed by atoms with E-state index in [2.05, 4.69) is 15.3 Å². The monoisotopic (exact) mass is 741 g/mol. The maximum absolute atomic E-state index is 12.5. The van der Waals surface area contributed by atoms with E-state index in [9.17, 15) is 33.6 Å². The summed E-state index contributed by atoms with van der Waals surface area (Å²) in [5, 5.41) is 3.83.